The molecule has 0 saturated carbocycles. The number of ether oxygens (including phenoxy) is 2. The van der Waals surface area contributed by atoms with E-state index in [4.69, 9.17) is 16.3 Å². The van der Waals surface area contributed by atoms with Crippen LogP contribution in [0.4, 0.5) is 0 Å². The summed E-state index contributed by atoms with van der Waals surface area (Å²) in [6.07, 6.45) is 2.87. The van der Waals surface area contributed by atoms with Gasteiger partial charge in [-0.3, -0.25) is 0 Å². The maximum atomic E-state index is 11.1. The highest BCUT2D eigenvalue weighted by molar-refractivity contribution is 6.31. The standard InChI is InChI=1S/C14H12ClNO3/c1-18-11-4-5-12-10(8-11)7-9(14(15)16-12)3-6-13(17)19-2/h3-8H,1-2H3/b6-3+. The molecule has 0 unspecified atom stereocenters. The first kappa shape index (κ1) is 13.4. The molecule has 4 nitrogen and oxygen atoms in total. The van der Waals surface area contributed by atoms with Crippen molar-refractivity contribution in [3.63, 3.8) is 0 Å². The number of hydrogen-bond donors (Lipinski definition) is 0. The van der Waals surface area contributed by atoms with Crippen molar-refractivity contribution in [1.29, 1.82) is 0 Å². The zero-order chi connectivity index (χ0) is 13.8. The zero-order valence-corrected chi connectivity index (χ0v) is 11.3. The first-order chi connectivity index (χ1) is 9.13. The van der Waals surface area contributed by atoms with Crippen molar-refractivity contribution >= 4 is 34.5 Å². The second kappa shape index (κ2) is 5.71. The van der Waals surface area contributed by atoms with E-state index in [2.05, 4.69) is 9.72 Å². The van der Waals surface area contributed by atoms with E-state index in [0.717, 1.165) is 16.7 Å². The average Bonchev–Trinajstić information content (AvgIpc) is 2.44. The Kier molecular flexibility index (Phi) is 4.02. The SMILES string of the molecule is COC(=O)/C=C/c1cc2cc(OC)ccc2nc1Cl. The number of carbonyl (C=O) groups excluding carboxylic acids is 1. The maximum absolute atomic E-state index is 11.1. The predicted molar refractivity (Wildman–Crippen MR) is 74.4 cm³/mol. The molecule has 0 atom stereocenters. The van der Waals surface area contributed by atoms with Gasteiger partial charge in [-0.1, -0.05) is 11.6 Å². The molecule has 5 heteroatoms. The third-order valence-corrected chi connectivity index (χ3v) is 2.91. The van der Waals surface area contributed by atoms with Crippen LogP contribution in [0.1, 0.15) is 5.56 Å². The van der Waals surface area contributed by atoms with Crippen LogP contribution in [-0.4, -0.2) is 25.2 Å². The summed E-state index contributed by atoms with van der Waals surface area (Å²) < 4.78 is 9.68. The molecule has 0 amide bonds. The summed E-state index contributed by atoms with van der Waals surface area (Å²) in [6.45, 7) is 0. The van der Waals surface area contributed by atoms with Gasteiger partial charge in [0.05, 0.1) is 19.7 Å². The van der Waals surface area contributed by atoms with Crippen LogP contribution in [-0.2, 0) is 9.53 Å². The van der Waals surface area contributed by atoms with Crippen LogP contribution in [0.3, 0.4) is 0 Å². The van der Waals surface area contributed by atoms with Gasteiger partial charge in [-0.2, -0.15) is 0 Å². The van der Waals surface area contributed by atoms with Gasteiger partial charge in [0.25, 0.3) is 0 Å². The molecule has 98 valence electrons. The number of halogens is 1. The molecule has 1 aromatic carbocycles. The fraction of sp³-hybridized carbons (Fsp3) is 0.143. The molecular formula is C14H12ClNO3. The number of esters is 1. The lowest BCUT2D eigenvalue weighted by molar-refractivity contribution is -0.134. The van der Waals surface area contributed by atoms with Gasteiger partial charge < -0.3 is 9.47 Å². The molecule has 0 aliphatic rings. The number of hydrogen-bond acceptors (Lipinski definition) is 4. The summed E-state index contributed by atoms with van der Waals surface area (Å²) >= 11 is 6.06. The van der Waals surface area contributed by atoms with Crippen LogP contribution in [0, 0.1) is 0 Å². The monoisotopic (exact) mass is 277 g/mol. The highest BCUT2D eigenvalue weighted by Crippen LogP contribution is 2.25. The van der Waals surface area contributed by atoms with Crippen molar-refractivity contribution in [2.24, 2.45) is 0 Å². The molecule has 19 heavy (non-hydrogen) atoms. The first-order valence-electron chi connectivity index (χ1n) is 5.54. The van der Waals surface area contributed by atoms with Crippen molar-refractivity contribution in [3.8, 4) is 5.75 Å². The number of pyridine rings is 1. The third kappa shape index (κ3) is 3.03. The van der Waals surface area contributed by atoms with E-state index in [1.54, 1.807) is 13.2 Å². The summed E-state index contributed by atoms with van der Waals surface area (Å²) in [7, 11) is 2.92. The molecule has 2 aromatic rings. The molecule has 1 aromatic heterocycles. The number of nitrogens with zero attached hydrogens (tertiary/aromatic N) is 1. The number of benzene rings is 1. The summed E-state index contributed by atoms with van der Waals surface area (Å²) in [5, 5.41) is 1.21. The van der Waals surface area contributed by atoms with Crippen LogP contribution in [0.25, 0.3) is 17.0 Å². The topological polar surface area (TPSA) is 48.4 Å². The number of rotatable bonds is 3. The first-order valence-corrected chi connectivity index (χ1v) is 5.92. The van der Waals surface area contributed by atoms with Gasteiger partial charge in [0, 0.05) is 17.0 Å². The fourth-order valence-corrected chi connectivity index (χ4v) is 1.83. The van der Waals surface area contributed by atoms with Crippen LogP contribution >= 0.6 is 11.6 Å². The molecule has 0 saturated heterocycles. The second-order valence-electron chi connectivity index (χ2n) is 3.78. The van der Waals surface area contributed by atoms with Gasteiger partial charge in [0.1, 0.15) is 10.9 Å². The molecular weight excluding hydrogens is 266 g/mol. The maximum Gasteiger partial charge on any atom is 0.330 e. The normalized spacial score (nSPS) is 10.9. The van der Waals surface area contributed by atoms with E-state index < -0.39 is 5.97 Å². The van der Waals surface area contributed by atoms with E-state index in [9.17, 15) is 4.79 Å². The van der Waals surface area contributed by atoms with Gasteiger partial charge in [0.2, 0.25) is 0 Å². The lowest BCUT2D eigenvalue weighted by atomic mass is 10.1. The van der Waals surface area contributed by atoms with Crippen molar-refractivity contribution in [3.05, 3.63) is 41.1 Å². The van der Waals surface area contributed by atoms with Crippen molar-refractivity contribution < 1.29 is 14.3 Å². The second-order valence-corrected chi connectivity index (χ2v) is 4.14. The Morgan fingerprint density at radius 2 is 2.11 bits per heavy atom. The van der Waals surface area contributed by atoms with Crippen molar-refractivity contribution in [2.45, 2.75) is 0 Å². The predicted octanol–water partition coefficient (Wildman–Crippen LogP) is 3.08. The molecule has 0 spiro atoms. The molecule has 1 heterocycles. The van der Waals surface area contributed by atoms with E-state index in [1.165, 1.54) is 13.2 Å². The zero-order valence-electron chi connectivity index (χ0n) is 10.5. The molecule has 0 aliphatic heterocycles. The van der Waals surface area contributed by atoms with Crippen LogP contribution < -0.4 is 4.74 Å². The molecule has 2 rings (SSSR count). The number of carbonyl (C=O) groups is 1. The Balaban J connectivity index is 2.47. The Morgan fingerprint density at radius 3 is 2.79 bits per heavy atom. The number of aromatic nitrogens is 1. The quantitative estimate of drug-likeness (QED) is 0.491. The summed E-state index contributed by atoms with van der Waals surface area (Å²) in [5.74, 6) is 0.293. The highest BCUT2D eigenvalue weighted by atomic mass is 35.5. The molecule has 0 fully saturated rings. The van der Waals surface area contributed by atoms with E-state index >= 15 is 0 Å². The lowest BCUT2D eigenvalue weighted by Crippen LogP contribution is -1.94. The molecule has 0 radical (unpaired) electrons. The smallest absolute Gasteiger partial charge is 0.330 e. The lowest BCUT2D eigenvalue weighted by Gasteiger charge is -2.04. The minimum absolute atomic E-state index is 0.331. The van der Waals surface area contributed by atoms with E-state index in [0.29, 0.717) is 10.7 Å². The van der Waals surface area contributed by atoms with E-state index in [1.807, 2.05) is 24.3 Å². The van der Waals surface area contributed by atoms with Crippen molar-refractivity contribution in [1.82, 2.24) is 4.98 Å². The Hall–Kier alpha value is -2.07. The summed E-state index contributed by atoms with van der Waals surface area (Å²) in [4.78, 5) is 15.3. The Bertz CT molecular complexity index is 652. The highest BCUT2D eigenvalue weighted by Gasteiger charge is 2.04. The van der Waals surface area contributed by atoms with E-state index in [-0.39, 0.29) is 0 Å². The minimum atomic E-state index is -0.443. The summed E-state index contributed by atoms with van der Waals surface area (Å²) in [6, 6.07) is 7.34. The Morgan fingerprint density at radius 1 is 1.32 bits per heavy atom. The molecule has 0 N–H and O–H groups in total. The van der Waals surface area contributed by atoms with Gasteiger partial charge in [-0.25, -0.2) is 9.78 Å². The third-order valence-electron chi connectivity index (χ3n) is 2.60. The van der Waals surface area contributed by atoms with Gasteiger partial charge in [0.15, 0.2) is 0 Å². The van der Waals surface area contributed by atoms with Crippen LogP contribution in [0.2, 0.25) is 5.15 Å². The summed E-state index contributed by atoms with van der Waals surface area (Å²) in [5.41, 5.74) is 1.41. The number of methoxy groups -OCH3 is 2. The average molecular weight is 278 g/mol. The van der Waals surface area contributed by atoms with Gasteiger partial charge in [-0.15, -0.1) is 0 Å². The van der Waals surface area contributed by atoms with Gasteiger partial charge >= 0.3 is 5.97 Å². The van der Waals surface area contributed by atoms with Crippen LogP contribution in [0.15, 0.2) is 30.3 Å². The number of fused-ring (bicyclic) bond motifs is 1. The Labute approximate surface area is 115 Å². The van der Waals surface area contributed by atoms with Crippen molar-refractivity contribution in [2.75, 3.05) is 14.2 Å². The fourth-order valence-electron chi connectivity index (χ4n) is 1.62. The molecule has 0 aliphatic carbocycles. The van der Waals surface area contributed by atoms with Crippen LogP contribution in [0.5, 0.6) is 5.75 Å². The van der Waals surface area contributed by atoms with Gasteiger partial charge in [-0.05, 0) is 30.3 Å². The largest absolute Gasteiger partial charge is 0.497 e. The minimum Gasteiger partial charge on any atom is -0.497 e. The molecule has 0 bridgehead atoms.